The fourth-order valence-electron chi connectivity index (χ4n) is 2.56. The van der Waals surface area contributed by atoms with Crippen LogP contribution in [0.5, 0.6) is 0 Å². The van der Waals surface area contributed by atoms with E-state index in [4.69, 9.17) is 0 Å². The molecule has 0 aliphatic heterocycles. The molecule has 4 aromatic rings. The summed E-state index contributed by atoms with van der Waals surface area (Å²) in [7, 11) is 0. The number of fused-ring (bicyclic) bond motifs is 3. The normalized spacial score (nSPS) is 11.3. The Labute approximate surface area is 120 Å². The second-order valence-corrected chi connectivity index (χ2v) is 5.16. The summed E-state index contributed by atoms with van der Waals surface area (Å²) in [4.78, 5) is 19.5. The van der Waals surface area contributed by atoms with Crippen molar-refractivity contribution in [2.45, 2.75) is 6.92 Å². The highest BCUT2D eigenvalue weighted by Crippen LogP contribution is 2.20. The highest BCUT2D eigenvalue weighted by Gasteiger charge is 2.10. The van der Waals surface area contributed by atoms with Gasteiger partial charge in [-0.3, -0.25) is 9.20 Å². The van der Waals surface area contributed by atoms with Gasteiger partial charge in [0.05, 0.1) is 16.7 Å². The molecule has 4 rings (SSSR count). The van der Waals surface area contributed by atoms with Crippen LogP contribution >= 0.6 is 0 Å². The van der Waals surface area contributed by atoms with Crippen molar-refractivity contribution in [1.82, 2.24) is 14.4 Å². The predicted octanol–water partition coefficient (Wildman–Crippen LogP) is 3.15. The Hall–Kier alpha value is -2.88. The molecule has 21 heavy (non-hydrogen) atoms. The summed E-state index contributed by atoms with van der Waals surface area (Å²) in [5.74, 6) is 0. The molecule has 0 bridgehead atoms. The molecule has 1 N–H and O–H groups in total. The lowest BCUT2D eigenvalue weighted by Crippen LogP contribution is -2.10. The number of nitrogens with one attached hydrogen (secondary N) is 1. The average molecular weight is 275 g/mol. The highest BCUT2D eigenvalue weighted by atomic mass is 16.1. The molecule has 2 aromatic carbocycles. The van der Waals surface area contributed by atoms with E-state index in [-0.39, 0.29) is 5.56 Å². The molecule has 0 fully saturated rings. The number of aromatic amines is 1. The fourth-order valence-corrected chi connectivity index (χ4v) is 2.56. The maximum absolute atomic E-state index is 12.2. The maximum atomic E-state index is 12.2. The number of aromatic nitrogens is 3. The van der Waals surface area contributed by atoms with E-state index in [1.54, 1.807) is 0 Å². The van der Waals surface area contributed by atoms with Gasteiger partial charge in [0.15, 0.2) is 0 Å². The number of imidazole rings is 1. The van der Waals surface area contributed by atoms with Crippen LogP contribution < -0.4 is 5.56 Å². The zero-order valence-corrected chi connectivity index (χ0v) is 11.5. The van der Waals surface area contributed by atoms with E-state index in [0.717, 1.165) is 22.3 Å². The first-order chi connectivity index (χ1) is 10.2. The molecular weight excluding hydrogens is 262 g/mol. The molecule has 0 saturated carbocycles. The van der Waals surface area contributed by atoms with Gasteiger partial charge in [-0.25, -0.2) is 4.98 Å². The van der Waals surface area contributed by atoms with Crippen molar-refractivity contribution in [3.8, 4) is 11.3 Å². The molecule has 0 unspecified atom stereocenters. The molecule has 0 saturated heterocycles. The molecule has 2 aromatic heterocycles. The van der Waals surface area contributed by atoms with Crippen molar-refractivity contribution >= 4 is 16.7 Å². The predicted molar refractivity (Wildman–Crippen MR) is 83.5 cm³/mol. The van der Waals surface area contributed by atoms with E-state index in [0.29, 0.717) is 5.65 Å². The van der Waals surface area contributed by atoms with Gasteiger partial charge in [-0.05, 0) is 19.1 Å². The van der Waals surface area contributed by atoms with Crippen molar-refractivity contribution in [1.29, 1.82) is 0 Å². The molecule has 4 heteroatoms. The minimum absolute atomic E-state index is 0.174. The van der Waals surface area contributed by atoms with Gasteiger partial charge in [0.2, 0.25) is 5.65 Å². The van der Waals surface area contributed by atoms with E-state index >= 15 is 0 Å². The number of rotatable bonds is 1. The zero-order chi connectivity index (χ0) is 14.4. The minimum atomic E-state index is -0.174. The third kappa shape index (κ3) is 1.84. The molecule has 0 amide bonds. The van der Waals surface area contributed by atoms with Crippen LogP contribution in [0.1, 0.15) is 5.56 Å². The Bertz CT molecular complexity index is 1010. The Morgan fingerprint density at radius 2 is 1.81 bits per heavy atom. The molecule has 0 aliphatic carbocycles. The first-order valence-electron chi connectivity index (χ1n) is 6.79. The van der Waals surface area contributed by atoms with Gasteiger partial charge in [-0.15, -0.1) is 0 Å². The molecule has 102 valence electrons. The molecule has 0 atom stereocenters. The van der Waals surface area contributed by atoms with Crippen LogP contribution in [0.3, 0.4) is 0 Å². The molecule has 0 aliphatic rings. The average Bonchev–Trinajstić information content (AvgIpc) is 2.94. The van der Waals surface area contributed by atoms with Crippen LogP contribution in [0.25, 0.3) is 27.9 Å². The molecule has 0 radical (unpaired) electrons. The van der Waals surface area contributed by atoms with Crippen molar-refractivity contribution in [2.24, 2.45) is 0 Å². The van der Waals surface area contributed by atoms with Crippen molar-refractivity contribution < 1.29 is 0 Å². The van der Waals surface area contributed by atoms with Crippen molar-refractivity contribution in [3.63, 3.8) is 0 Å². The number of nitrogens with zero attached hydrogens (tertiary/aromatic N) is 2. The lowest BCUT2D eigenvalue weighted by Gasteiger charge is -2.00. The monoisotopic (exact) mass is 275 g/mol. The first-order valence-corrected chi connectivity index (χ1v) is 6.79. The summed E-state index contributed by atoms with van der Waals surface area (Å²) in [6, 6.07) is 15.8. The third-order valence-electron chi connectivity index (χ3n) is 3.67. The molecule has 2 heterocycles. The fraction of sp³-hybridized carbons (Fsp3) is 0.0588. The van der Waals surface area contributed by atoms with Gasteiger partial charge in [-0.2, -0.15) is 0 Å². The summed E-state index contributed by atoms with van der Waals surface area (Å²) in [6.45, 7) is 2.05. The van der Waals surface area contributed by atoms with Gasteiger partial charge in [-0.1, -0.05) is 42.0 Å². The summed E-state index contributed by atoms with van der Waals surface area (Å²) < 4.78 is 1.85. The SMILES string of the molecule is Cc1ccc(-c2cn3c(n2)c(=O)[nH]c2ccccc23)cc1. The Morgan fingerprint density at radius 1 is 1.05 bits per heavy atom. The Kier molecular flexibility index (Phi) is 2.44. The van der Waals surface area contributed by atoms with E-state index in [1.807, 2.05) is 66.1 Å². The Morgan fingerprint density at radius 3 is 2.62 bits per heavy atom. The standard InChI is InChI=1S/C17H13N3O/c1-11-6-8-12(9-7-11)14-10-20-15-5-3-2-4-13(15)19-17(21)16(20)18-14/h2-10H,1H3,(H,19,21). The van der Waals surface area contributed by atoms with Crippen LogP contribution in [0.15, 0.2) is 59.5 Å². The lowest BCUT2D eigenvalue weighted by molar-refractivity contribution is 1.17. The summed E-state index contributed by atoms with van der Waals surface area (Å²) in [6.07, 6.45) is 1.91. The summed E-state index contributed by atoms with van der Waals surface area (Å²) in [5, 5.41) is 0. The second kappa shape index (κ2) is 4.31. The van der Waals surface area contributed by atoms with Gasteiger partial charge in [0.25, 0.3) is 5.56 Å². The van der Waals surface area contributed by atoms with Crippen LogP contribution in [-0.4, -0.2) is 14.4 Å². The van der Waals surface area contributed by atoms with Crippen LogP contribution in [0.2, 0.25) is 0 Å². The second-order valence-electron chi connectivity index (χ2n) is 5.16. The van der Waals surface area contributed by atoms with Crippen molar-refractivity contribution in [2.75, 3.05) is 0 Å². The van der Waals surface area contributed by atoms with Crippen molar-refractivity contribution in [3.05, 3.63) is 70.6 Å². The van der Waals surface area contributed by atoms with E-state index in [2.05, 4.69) is 9.97 Å². The largest absolute Gasteiger partial charge is 0.317 e. The smallest absolute Gasteiger partial charge is 0.292 e. The lowest BCUT2D eigenvalue weighted by atomic mass is 10.1. The highest BCUT2D eigenvalue weighted by molar-refractivity contribution is 5.78. The van der Waals surface area contributed by atoms with E-state index in [1.165, 1.54) is 5.56 Å². The van der Waals surface area contributed by atoms with Gasteiger partial charge < -0.3 is 4.98 Å². The number of benzene rings is 2. The van der Waals surface area contributed by atoms with Crippen LogP contribution in [-0.2, 0) is 0 Å². The van der Waals surface area contributed by atoms with Crippen LogP contribution in [0, 0.1) is 6.92 Å². The van der Waals surface area contributed by atoms with Gasteiger partial charge in [0, 0.05) is 11.8 Å². The van der Waals surface area contributed by atoms with Gasteiger partial charge >= 0.3 is 0 Å². The van der Waals surface area contributed by atoms with Gasteiger partial charge in [0.1, 0.15) is 0 Å². The maximum Gasteiger partial charge on any atom is 0.292 e. The van der Waals surface area contributed by atoms with Crippen LogP contribution in [0.4, 0.5) is 0 Å². The number of H-pyrrole nitrogens is 1. The third-order valence-corrected chi connectivity index (χ3v) is 3.67. The topological polar surface area (TPSA) is 50.2 Å². The van der Waals surface area contributed by atoms with E-state index in [9.17, 15) is 4.79 Å². The summed E-state index contributed by atoms with van der Waals surface area (Å²) >= 11 is 0. The number of hydrogen-bond donors (Lipinski definition) is 1. The Balaban J connectivity index is 2.05. The quantitative estimate of drug-likeness (QED) is 0.580. The number of hydrogen-bond acceptors (Lipinski definition) is 2. The molecule has 4 nitrogen and oxygen atoms in total. The zero-order valence-electron chi connectivity index (χ0n) is 11.5. The number of para-hydroxylation sites is 2. The minimum Gasteiger partial charge on any atom is -0.317 e. The molecule has 0 spiro atoms. The first kappa shape index (κ1) is 11.9. The number of aryl methyl sites for hydroxylation is 1. The van der Waals surface area contributed by atoms with E-state index < -0.39 is 0 Å². The summed E-state index contributed by atoms with van der Waals surface area (Å²) in [5.41, 5.74) is 5.01. The molecular formula is C17H13N3O.